The van der Waals surface area contributed by atoms with Crippen LogP contribution in [0.25, 0.3) is 10.9 Å². The van der Waals surface area contributed by atoms with Crippen molar-refractivity contribution in [3.63, 3.8) is 0 Å². The number of benzene rings is 1. The number of carboxylic acid groups (broad SMARTS) is 1. The van der Waals surface area contributed by atoms with Crippen molar-refractivity contribution in [2.45, 2.75) is 19.4 Å². The van der Waals surface area contributed by atoms with Crippen LogP contribution in [0.4, 0.5) is 0 Å². The number of hydrogen-bond acceptors (Lipinski definition) is 3. The van der Waals surface area contributed by atoms with Gasteiger partial charge < -0.3 is 15.0 Å². The maximum Gasteiger partial charge on any atom is 0.352 e. The van der Waals surface area contributed by atoms with E-state index >= 15 is 0 Å². The Bertz CT molecular complexity index is 941. The van der Waals surface area contributed by atoms with Gasteiger partial charge >= 0.3 is 5.97 Å². The van der Waals surface area contributed by atoms with Gasteiger partial charge in [-0.3, -0.25) is 4.79 Å². The molecule has 3 heterocycles. The summed E-state index contributed by atoms with van der Waals surface area (Å²) in [6, 6.07) is 9.45. The number of nitrogens with zero attached hydrogens (tertiary/aromatic N) is 1. The molecule has 2 aromatic heterocycles. The van der Waals surface area contributed by atoms with Gasteiger partial charge in [0.15, 0.2) is 0 Å². The Morgan fingerprint density at radius 2 is 2.08 bits per heavy atom. The van der Waals surface area contributed by atoms with E-state index < -0.39 is 5.97 Å². The van der Waals surface area contributed by atoms with Gasteiger partial charge in [-0.2, -0.15) is 0 Å². The van der Waals surface area contributed by atoms with Gasteiger partial charge in [0.1, 0.15) is 5.69 Å². The Morgan fingerprint density at radius 3 is 2.92 bits per heavy atom. The molecule has 1 aromatic carbocycles. The molecule has 0 fully saturated rings. The Kier molecular flexibility index (Phi) is 3.61. The quantitative estimate of drug-likeness (QED) is 0.769. The monoisotopic (exact) mass is 340 g/mol. The van der Waals surface area contributed by atoms with Crippen molar-refractivity contribution < 1.29 is 14.7 Å². The van der Waals surface area contributed by atoms with Gasteiger partial charge in [-0.15, -0.1) is 11.3 Å². The first-order valence-corrected chi connectivity index (χ1v) is 8.67. The lowest BCUT2D eigenvalue weighted by molar-refractivity contribution is -0.131. The van der Waals surface area contributed by atoms with Gasteiger partial charge in [-0.1, -0.05) is 18.2 Å². The highest BCUT2D eigenvalue weighted by atomic mass is 32.1. The number of aromatic nitrogens is 1. The number of aromatic amines is 1. The number of carbonyl (C=O) groups excluding carboxylic acids is 1. The maximum atomic E-state index is 12.7. The third-order valence-electron chi connectivity index (χ3n) is 4.52. The van der Waals surface area contributed by atoms with Crippen LogP contribution in [0, 0.1) is 0 Å². The SMILES string of the molecule is O=C(O)c1[nH]c2ccccc2c1CC(=O)N1CCc2sccc2C1. The molecule has 5 nitrogen and oxygen atoms in total. The fourth-order valence-corrected chi connectivity index (χ4v) is 4.18. The highest BCUT2D eigenvalue weighted by Gasteiger charge is 2.25. The highest BCUT2D eigenvalue weighted by molar-refractivity contribution is 7.10. The summed E-state index contributed by atoms with van der Waals surface area (Å²) in [6.07, 6.45) is 0.976. The van der Waals surface area contributed by atoms with Crippen molar-refractivity contribution in [2.24, 2.45) is 0 Å². The van der Waals surface area contributed by atoms with E-state index in [9.17, 15) is 14.7 Å². The van der Waals surface area contributed by atoms with E-state index in [2.05, 4.69) is 16.4 Å². The fraction of sp³-hybridized carbons (Fsp3) is 0.222. The van der Waals surface area contributed by atoms with Crippen molar-refractivity contribution >= 4 is 34.1 Å². The summed E-state index contributed by atoms with van der Waals surface area (Å²) >= 11 is 1.73. The Morgan fingerprint density at radius 1 is 1.25 bits per heavy atom. The van der Waals surface area contributed by atoms with E-state index in [4.69, 9.17) is 0 Å². The van der Waals surface area contributed by atoms with Gasteiger partial charge in [-0.25, -0.2) is 4.79 Å². The molecule has 1 amide bonds. The molecule has 0 unspecified atom stereocenters. The molecule has 0 saturated carbocycles. The lowest BCUT2D eigenvalue weighted by Crippen LogP contribution is -2.36. The molecule has 24 heavy (non-hydrogen) atoms. The summed E-state index contributed by atoms with van der Waals surface area (Å²) in [5.41, 5.74) is 2.63. The molecule has 3 aromatic rings. The van der Waals surface area contributed by atoms with Crippen LogP contribution < -0.4 is 0 Å². The smallest absolute Gasteiger partial charge is 0.352 e. The first kappa shape index (κ1) is 15.0. The summed E-state index contributed by atoms with van der Waals surface area (Å²) in [4.78, 5) is 30.3. The number of carbonyl (C=O) groups is 2. The van der Waals surface area contributed by atoms with Gasteiger partial charge in [0.2, 0.25) is 5.91 Å². The highest BCUT2D eigenvalue weighted by Crippen LogP contribution is 2.27. The second-order valence-corrected chi connectivity index (χ2v) is 6.94. The number of nitrogens with one attached hydrogen (secondary N) is 1. The molecule has 1 aliphatic heterocycles. The molecule has 6 heteroatoms. The average molecular weight is 340 g/mol. The standard InChI is InChI=1S/C18H16N2O3S/c21-16(20-7-5-15-11(10-20)6-8-24-15)9-13-12-3-1-2-4-14(12)19-17(13)18(22)23/h1-4,6,8,19H,5,7,9-10H2,(H,22,23). The molecule has 0 spiro atoms. The zero-order valence-corrected chi connectivity index (χ0v) is 13.7. The summed E-state index contributed by atoms with van der Waals surface area (Å²) in [5, 5.41) is 12.3. The third kappa shape index (κ3) is 2.49. The molecular formula is C18H16N2O3S. The minimum absolute atomic E-state index is 0.0286. The number of rotatable bonds is 3. The topological polar surface area (TPSA) is 73.4 Å². The minimum atomic E-state index is -1.03. The van der Waals surface area contributed by atoms with E-state index in [1.165, 1.54) is 10.4 Å². The first-order chi connectivity index (χ1) is 11.6. The van der Waals surface area contributed by atoms with E-state index in [-0.39, 0.29) is 18.0 Å². The molecule has 4 rings (SSSR count). The van der Waals surface area contributed by atoms with E-state index in [1.807, 2.05) is 29.2 Å². The zero-order chi connectivity index (χ0) is 16.7. The molecular weight excluding hydrogens is 324 g/mol. The Balaban J connectivity index is 1.63. The second-order valence-electron chi connectivity index (χ2n) is 5.94. The Hall–Kier alpha value is -2.60. The summed E-state index contributed by atoms with van der Waals surface area (Å²) < 4.78 is 0. The number of fused-ring (bicyclic) bond motifs is 2. The van der Waals surface area contributed by atoms with Crippen LogP contribution in [0.3, 0.4) is 0 Å². The lowest BCUT2D eigenvalue weighted by atomic mass is 10.0. The van der Waals surface area contributed by atoms with Crippen LogP contribution in [-0.4, -0.2) is 33.4 Å². The fourth-order valence-electron chi connectivity index (χ4n) is 3.29. The summed E-state index contributed by atoms with van der Waals surface area (Å²) in [5.74, 6) is -1.06. The molecule has 0 saturated heterocycles. The molecule has 0 radical (unpaired) electrons. The molecule has 122 valence electrons. The van der Waals surface area contributed by atoms with Gasteiger partial charge in [0.05, 0.1) is 6.42 Å². The number of carboxylic acids is 1. The van der Waals surface area contributed by atoms with Crippen LogP contribution in [0.15, 0.2) is 35.7 Å². The normalized spacial score (nSPS) is 13.9. The summed E-state index contributed by atoms with van der Waals surface area (Å²) in [7, 11) is 0. The van der Waals surface area contributed by atoms with Crippen LogP contribution in [0.5, 0.6) is 0 Å². The summed E-state index contributed by atoms with van der Waals surface area (Å²) in [6.45, 7) is 1.31. The largest absolute Gasteiger partial charge is 0.477 e. The predicted molar refractivity (Wildman–Crippen MR) is 92.4 cm³/mol. The van der Waals surface area contributed by atoms with E-state index in [1.54, 1.807) is 11.3 Å². The number of aromatic carboxylic acids is 1. The maximum absolute atomic E-state index is 12.7. The predicted octanol–water partition coefficient (Wildman–Crippen LogP) is 3.06. The first-order valence-electron chi connectivity index (χ1n) is 7.79. The van der Waals surface area contributed by atoms with E-state index in [0.717, 1.165) is 17.3 Å². The number of hydrogen-bond donors (Lipinski definition) is 2. The molecule has 0 bridgehead atoms. The van der Waals surface area contributed by atoms with Crippen LogP contribution in [0.2, 0.25) is 0 Å². The number of thiophene rings is 1. The van der Waals surface area contributed by atoms with Crippen molar-refractivity contribution in [1.82, 2.24) is 9.88 Å². The number of para-hydroxylation sites is 1. The molecule has 0 aliphatic carbocycles. The molecule has 2 N–H and O–H groups in total. The van der Waals surface area contributed by atoms with Crippen molar-refractivity contribution in [1.29, 1.82) is 0 Å². The third-order valence-corrected chi connectivity index (χ3v) is 5.54. The number of amides is 1. The van der Waals surface area contributed by atoms with Crippen LogP contribution >= 0.6 is 11.3 Å². The van der Waals surface area contributed by atoms with Crippen molar-refractivity contribution in [3.05, 3.63) is 57.4 Å². The molecule has 1 aliphatic rings. The van der Waals surface area contributed by atoms with Crippen LogP contribution in [-0.2, 0) is 24.2 Å². The Labute approximate surface area is 142 Å². The van der Waals surface area contributed by atoms with Crippen LogP contribution in [0.1, 0.15) is 26.5 Å². The van der Waals surface area contributed by atoms with Crippen molar-refractivity contribution in [2.75, 3.05) is 6.54 Å². The number of H-pyrrole nitrogens is 1. The lowest BCUT2D eigenvalue weighted by Gasteiger charge is -2.27. The minimum Gasteiger partial charge on any atom is -0.477 e. The second kappa shape index (κ2) is 5.79. The molecule has 0 atom stereocenters. The average Bonchev–Trinajstić information content (AvgIpc) is 3.19. The zero-order valence-electron chi connectivity index (χ0n) is 12.9. The van der Waals surface area contributed by atoms with Crippen molar-refractivity contribution in [3.8, 4) is 0 Å². The van der Waals surface area contributed by atoms with Gasteiger partial charge in [-0.05, 0) is 29.5 Å². The van der Waals surface area contributed by atoms with Gasteiger partial charge in [0, 0.05) is 34.4 Å². The van der Waals surface area contributed by atoms with E-state index in [0.29, 0.717) is 18.7 Å². The van der Waals surface area contributed by atoms with Gasteiger partial charge in [0.25, 0.3) is 0 Å².